The van der Waals surface area contributed by atoms with Crippen molar-refractivity contribution in [2.24, 2.45) is 11.8 Å². The number of rotatable bonds is 3. The van der Waals surface area contributed by atoms with Crippen LogP contribution >= 0.6 is 11.3 Å². The summed E-state index contributed by atoms with van der Waals surface area (Å²) in [5, 5.41) is 9.57. The van der Waals surface area contributed by atoms with E-state index in [-0.39, 0.29) is 12.5 Å². The van der Waals surface area contributed by atoms with Crippen molar-refractivity contribution in [2.45, 2.75) is 19.8 Å². The van der Waals surface area contributed by atoms with E-state index in [9.17, 15) is 4.79 Å². The minimum Gasteiger partial charge on any atom is -0.396 e. The smallest absolute Gasteiger partial charge is 0.265 e. The monoisotopic (exact) mass is 269 g/mol. The molecule has 1 aliphatic rings. The summed E-state index contributed by atoms with van der Waals surface area (Å²) in [5.74, 6) is 0.867. The van der Waals surface area contributed by atoms with Crippen LogP contribution in [0.4, 0.5) is 5.13 Å². The van der Waals surface area contributed by atoms with Gasteiger partial charge in [0.05, 0.1) is 6.20 Å². The van der Waals surface area contributed by atoms with Crippen LogP contribution in [0.2, 0.25) is 0 Å². The first-order chi connectivity index (χ1) is 8.61. The van der Waals surface area contributed by atoms with Crippen molar-refractivity contribution in [1.82, 2.24) is 9.88 Å². The number of piperidine rings is 1. The second-order valence-corrected chi connectivity index (χ2v) is 5.91. The van der Waals surface area contributed by atoms with Gasteiger partial charge in [-0.1, -0.05) is 18.3 Å². The number of hydrogen-bond acceptors (Lipinski definition) is 5. The number of carbonyl (C=O) groups excluding carboxylic acids is 1. The van der Waals surface area contributed by atoms with E-state index in [2.05, 4.69) is 11.9 Å². The quantitative estimate of drug-likeness (QED) is 0.864. The molecule has 1 fully saturated rings. The maximum Gasteiger partial charge on any atom is 0.265 e. The van der Waals surface area contributed by atoms with Crippen molar-refractivity contribution in [3.8, 4) is 0 Å². The molecule has 1 saturated heterocycles. The highest BCUT2D eigenvalue weighted by atomic mass is 32.1. The van der Waals surface area contributed by atoms with Crippen molar-refractivity contribution >= 4 is 22.4 Å². The van der Waals surface area contributed by atoms with Gasteiger partial charge in [0.25, 0.3) is 5.91 Å². The first-order valence-corrected chi connectivity index (χ1v) is 7.05. The number of thiazole rings is 1. The molecule has 2 heterocycles. The zero-order valence-corrected chi connectivity index (χ0v) is 11.3. The highest BCUT2D eigenvalue weighted by molar-refractivity contribution is 7.17. The van der Waals surface area contributed by atoms with E-state index in [1.54, 1.807) is 6.20 Å². The maximum absolute atomic E-state index is 12.2. The molecule has 1 amide bonds. The second kappa shape index (κ2) is 5.67. The van der Waals surface area contributed by atoms with Crippen LogP contribution in [-0.2, 0) is 0 Å². The number of likely N-dealkylation sites (tertiary alicyclic amines) is 1. The molecular formula is C12H19N3O2S. The van der Waals surface area contributed by atoms with Gasteiger partial charge in [0.15, 0.2) is 5.13 Å². The van der Waals surface area contributed by atoms with Crippen LogP contribution in [0.1, 0.15) is 29.4 Å². The highest BCUT2D eigenvalue weighted by Gasteiger charge is 2.27. The fraction of sp³-hybridized carbons (Fsp3) is 0.667. The molecular weight excluding hydrogens is 250 g/mol. The number of aliphatic hydroxyl groups excluding tert-OH is 1. The molecule has 0 aliphatic carbocycles. The Labute approximate surface area is 111 Å². The fourth-order valence-corrected chi connectivity index (χ4v) is 3.02. The molecule has 0 aromatic carbocycles. The van der Waals surface area contributed by atoms with Gasteiger partial charge in [-0.25, -0.2) is 4.98 Å². The molecule has 0 unspecified atom stereocenters. The zero-order chi connectivity index (χ0) is 13.1. The van der Waals surface area contributed by atoms with Crippen molar-refractivity contribution in [3.05, 3.63) is 11.1 Å². The Balaban J connectivity index is 1.92. The number of hydrogen-bond donors (Lipinski definition) is 2. The summed E-state index contributed by atoms with van der Waals surface area (Å²) in [7, 11) is 0. The number of carbonyl (C=O) groups is 1. The standard InChI is InChI=1S/C12H19N3O2S/c1-8(7-16)9-2-4-15(5-3-9)11(17)10-6-14-12(13)18-10/h6,8-9,16H,2-5,7H2,1H3,(H2,13,14)/t8-/m1/s1. The molecule has 1 aromatic heterocycles. The maximum atomic E-state index is 12.2. The minimum atomic E-state index is 0.0271. The zero-order valence-electron chi connectivity index (χ0n) is 10.5. The molecule has 1 aromatic rings. The van der Waals surface area contributed by atoms with E-state index in [0.717, 1.165) is 25.9 Å². The van der Waals surface area contributed by atoms with Gasteiger partial charge in [0.1, 0.15) is 4.88 Å². The van der Waals surface area contributed by atoms with E-state index in [4.69, 9.17) is 10.8 Å². The largest absolute Gasteiger partial charge is 0.396 e. The Morgan fingerprint density at radius 1 is 1.67 bits per heavy atom. The summed E-state index contributed by atoms with van der Waals surface area (Å²) in [6.45, 7) is 3.80. The molecule has 0 spiro atoms. The van der Waals surface area contributed by atoms with Gasteiger partial charge in [-0.05, 0) is 24.7 Å². The van der Waals surface area contributed by atoms with Crippen LogP contribution in [-0.4, -0.2) is 40.6 Å². The van der Waals surface area contributed by atoms with Crippen LogP contribution in [0, 0.1) is 11.8 Å². The number of amides is 1. The topological polar surface area (TPSA) is 79.5 Å². The summed E-state index contributed by atoms with van der Waals surface area (Å²) in [5.41, 5.74) is 5.53. The molecule has 0 bridgehead atoms. The predicted molar refractivity (Wildman–Crippen MR) is 71.4 cm³/mol. The summed E-state index contributed by atoms with van der Waals surface area (Å²) in [6.07, 6.45) is 3.47. The molecule has 3 N–H and O–H groups in total. The van der Waals surface area contributed by atoms with Gasteiger partial charge in [0.2, 0.25) is 0 Å². The Kier molecular flexibility index (Phi) is 4.19. The van der Waals surface area contributed by atoms with E-state index < -0.39 is 0 Å². The summed E-state index contributed by atoms with van der Waals surface area (Å²) in [6, 6.07) is 0. The summed E-state index contributed by atoms with van der Waals surface area (Å²) >= 11 is 1.24. The number of nitrogens with two attached hydrogens (primary N) is 1. The molecule has 18 heavy (non-hydrogen) atoms. The third-order valence-corrected chi connectivity index (χ3v) is 4.47. The predicted octanol–water partition coefficient (Wildman–Crippen LogP) is 1.21. The van der Waals surface area contributed by atoms with Crippen LogP contribution in [0.3, 0.4) is 0 Å². The highest BCUT2D eigenvalue weighted by Crippen LogP contribution is 2.26. The van der Waals surface area contributed by atoms with E-state index >= 15 is 0 Å². The number of nitrogens with zero attached hydrogens (tertiary/aromatic N) is 2. The molecule has 100 valence electrons. The molecule has 2 rings (SSSR count). The number of nitrogen functional groups attached to an aromatic ring is 1. The average Bonchev–Trinajstić information content (AvgIpc) is 2.84. The fourth-order valence-electron chi connectivity index (χ4n) is 2.36. The van der Waals surface area contributed by atoms with E-state index in [1.165, 1.54) is 11.3 Å². The van der Waals surface area contributed by atoms with E-state index in [0.29, 0.717) is 21.8 Å². The third-order valence-electron chi connectivity index (χ3n) is 3.65. The first kappa shape index (κ1) is 13.3. The van der Waals surface area contributed by atoms with Gasteiger partial charge in [0, 0.05) is 19.7 Å². The van der Waals surface area contributed by atoms with Crippen LogP contribution in [0.15, 0.2) is 6.20 Å². The van der Waals surface area contributed by atoms with Gasteiger partial charge < -0.3 is 15.7 Å². The molecule has 0 saturated carbocycles. The average molecular weight is 269 g/mol. The lowest BCUT2D eigenvalue weighted by atomic mass is 9.86. The van der Waals surface area contributed by atoms with Gasteiger partial charge in [-0.3, -0.25) is 4.79 Å². The Morgan fingerprint density at radius 3 is 2.83 bits per heavy atom. The molecule has 5 nitrogen and oxygen atoms in total. The van der Waals surface area contributed by atoms with Gasteiger partial charge >= 0.3 is 0 Å². The number of aliphatic hydroxyl groups is 1. The lowest BCUT2D eigenvalue weighted by molar-refractivity contribution is 0.0637. The van der Waals surface area contributed by atoms with Crippen molar-refractivity contribution in [3.63, 3.8) is 0 Å². The second-order valence-electron chi connectivity index (χ2n) is 4.85. The Morgan fingerprint density at radius 2 is 2.33 bits per heavy atom. The van der Waals surface area contributed by atoms with Crippen molar-refractivity contribution in [2.75, 3.05) is 25.4 Å². The minimum absolute atomic E-state index is 0.0271. The summed E-state index contributed by atoms with van der Waals surface area (Å²) < 4.78 is 0. The van der Waals surface area contributed by atoms with Crippen LogP contribution < -0.4 is 5.73 Å². The number of anilines is 1. The molecule has 1 aliphatic heterocycles. The first-order valence-electron chi connectivity index (χ1n) is 6.23. The van der Waals surface area contributed by atoms with Gasteiger partial charge in [-0.2, -0.15) is 0 Å². The normalized spacial score (nSPS) is 18.9. The SMILES string of the molecule is C[C@H](CO)C1CCN(C(=O)c2cnc(N)s2)CC1. The Hall–Kier alpha value is -1.14. The third kappa shape index (κ3) is 2.81. The molecule has 0 radical (unpaired) electrons. The summed E-state index contributed by atoms with van der Waals surface area (Å²) in [4.78, 5) is 18.5. The van der Waals surface area contributed by atoms with E-state index in [1.807, 2.05) is 4.90 Å². The molecule has 1 atom stereocenters. The lowest BCUT2D eigenvalue weighted by Gasteiger charge is -2.34. The number of aromatic nitrogens is 1. The van der Waals surface area contributed by atoms with Gasteiger partial charge in [-0.15, -0.1) is 0 Å². The van der Waals surface area contributed by atoms with Crippen LogP contribution in [0.25, 0.3) is 0 Å². The van der Waals surface area contributed by atoms with Crippen LogP contribution in [0.5, 0.6) is 0 Å². The van der Waals surface area contributed by atoms with Crippen molar-refractivity contribution in [1.29, 1.82) is 0 Å². The van der Waals surface area contributed by atoms with Crippen molar-refractivity contribution < 1.29 is 9.90 Å². The lowest BCUT2D eigenvalue weighted by Crippen LogP contribution is -2.39. The Bertz CT molecular complexity index is 413. The molecule has 6 heteroatoms.